The van der Waals surface area contributed by atoms with Gasteiger partial charge in [-0.05, 0) is 37.0 Å². The molecule has 3 aliphatic rings. The van der Waals surface area contributed by atoms with E-state index in [0.717, 1.165) is 19.3 Å². The quantitative estimate of drug-likeness (QED) is 0.463. The van der Waals surface area contributed by atoms with Gasteiger partial charge in [0.05, 0.1) is 30.6 Å². The first-order chi connectivity index (χ1) is 16.6. The average Bonchev–Trinajstić information content (AvgIpc) is 3.18. The average molecular weight is 495 g/mol. The number of hydrogen-bond acceptors (Lipinski definition) is 7. The van der Waals surface area contributed by atoms with Crippen molar-refractivity contribution in [1.29, 1.82) is 5.26 Å². The first-order valence-corrected chi connectivity index (χ1v) is 12.1. The molecule has 1 amide bonds. The van der Waals surface area contributed by atoms with Gasteiger partial charge in [0.2, 0.25) is 5.91 Å². The first kappa shape index (κ1) is 25.7. The van der Waals surface area contributed by atoms with Gasteiger partial charge in [0.15, 0.2) is 0 Å². The summed E-state index contributed by atoms with van der Waals surface area (Å²) >= 11 is 0. The number of anilines is 1. The summed E-state index contributed by atoms with van der Waals surface area (Å²) in [6.07, 6.45) is -2.29. The zero-order chi connectivity index (χ0) is 25.2. The van der Waals surface area contributed by atoms with E-state index in [2.05, 4.69) is 32.5 Å². The van der Waals surface area contributed by atoms with Crippen LogP contribution in [0.5, 0.6) is 0 Å². The number of hydrogen-bond donors (Lipinski definition) is 4. The second-order valence-electron chi connectivity index (χ2n) is 9.93. The van der Waals surface area contributed by atoms with E-state index in [1.54, 1.807) is 26.0 Å². The van der Waals surface area contributed by atoms with Gasteiger partial charge in [-0.25, -0.2) is 10.4 Å². The predicted molar refractivity (Wildman–Crippen MR) is 124 cm³/mol. The largest absolute Gasteiger partial charge is 0.407 e. The lowest BCUT2D eigenvalue weighted by atomic mass is 9.84. The van der Waals surface area contributed by atoms with Crippen molar-refractivity contribution in [1.82, 2.24) is 21.1 Å². The monoisotopic (exact) mass is 494 g/mol. The van der Waals surface area contributed by atoms with Crippen molar-refractivity contribution < 1.29 is 22.7 Å². The molecule has 35 heavy (non-hydrogen) atoms. The van der Waals surface area contributed by atoms with Gasteiger partial charge in [0.25, 0.3) is 0 Å². The fraction of sp³-hybridized carbons (Fsp3) is 0.667. The van der Waals surface area contributed by atoms with Crippen LogP contribution < -0.4 is 21.4 Å². The minimum atomic E-state index is -4.42. The highest BCUT2D eigenvalue weighted by Gasteiger charge is 2.54. The molecule has 3 fully saturated rings. The maximum absolute atomic E-state index is 13.6. The Morgan fingerprint density at radius 3 is 2.66 bits per heavy atom. The summed E-state index contributed by atoms with van der Waals surface area (Å²) in [4.78, 5) is 12.9. The number of nitriles is 1. The number of fused-ring (bicyclic) bond motifs is 1. The third kappa shape index (κ3) is 5.40. The standard InChI is InChI=1S/C24H33F3N6O2/c1-15(2)30-20(24(25,26)27)16-4-6-17(7-5-16)31-21-19-18(8-12-29-22(19)34)33(32-21)23(10-11-28)9-3-13-35-14-23/h4-7,15,18-21,30-32H,3,8-10,12-14H2,1-2H3,(H,29,34)/t18?,19?,20?,21?,23-/m0/s1. The van der Waals surface area contributed by atoms with E-state index in [1.165, 1.54) is 12.1 Å². The molecule has 3 heterocycles. The molecule has 3 aliphatic heterocycles. The third-order valence-electron chi connectivity index (χ3n) is 7.04. The van der Waals surface area contributed by atoms with Gasteiger partial charge in [-0.2, -0.15) is 18.4 Å². The number of piperidine rings is 1. The van der Waals surface area contributed by atoms with Gasteiger partial charge in [-0.15, -0.1) is 0 Å². The molecule has 0 saturated carbocycles. The first-order valence-electron chi connectivity index (χ1n) is 12.1. The SMILES string of the molecule is CC(C)NC(c1ccc(NC2NN([C@]3(CC#N)CCCOC3)C3CCNC(=O)C23)cc1)C(F)(F)F. The lowest BCUT2D eigenvalue weighted by Gasteiger charge is -2.46. The van der Waals surface area contributed by atoms with Crippen molar-refractivity contribution in [3.05, 3.63) is 29.8 Å². The van der Waals surface area contributed by atoms with Crippen molar-refractivity contribution in [3.63, 3.8) is 0 Å². The molecular weight excluding hydrogens is 461 g/mol. The number of rotatable bonds is 7. The molecule has 3 saturated heterocycles. The molecule has 4 N–H and O–H groups in total. The smallest absolute Gasteiger partial charge is 0.379 e. The molecule has 0 spiro atoms. The topological polar surface area (TPSA) is 101 Å². The Hall–Kier alpha value is -2.39. The number of nitrogens with one attached hydrogen (secondary N) is 4. The molecule has 0 radical (unpaired) electrons. The zero-order valence-electron chi connectivity index (χ0n) is 20.0. The van der Waals surface area contributed by atoms with Crippen LogP contribution in [0.2, 0.25) is 0 Å². The number of carbonyl (C=O) groups excluding carboxylic acids is 1. The van der Waals surface area contributed by atoms with Crippen LogP contribution in [0.4, 0.5) is 18.9 Å². The Bertz CT molecular complexity index is 927. The Kier molecular flexibility index (Phi) is 7.57. The van der Waals surface area contributed by atoms with E-state index in [9.17, 15) is 23.2 Å². The Morgan fingerprint density at radius 1 is 1.31 bits per heavy atom. The highest BCUT2D eigenvalue weighted by atomic mass is 19.4. The summed E-state index contributed by atoms with van der Waals surface area (Å²) in [6, 6.07) is 6.18. The summed E-state index contributed by atoms with van der Waals surface area (Å²) in [7, 11) is 0. The van der Waals surface area contributed by atoms with Crippen molar-refractivity contribution in [2.24, 2.45) is 5.92 Å². The summed E-state index contributed by atoms with van der Waals surface area (Å²) in [5.41, 5.74) is 3.63. The van der Waals surface area contributed by atoms with Crippen LogP contribution in [-0.2, 0) is 9.53 Å². The van der Waals surface area contributed by atoms with Crippen LogP contribution >= 0.6 is 0 Å². The molecule has 0 bridgehead atoms. The van der Waals surface area contributed by atoms with Gasteiger partial charge in [-0.3, -0.25) is 4.79 Å². The number of hydrazine groups is 1. The number of benzene rings is 1. The van der Waals surface area contributed by atoms with E-state index in [-0.39, 0.29) is 30.0 Å². The van der Waals surface area contributed by atoms with Gasteiger partial charge in [0, 0.05) is 30.9 Å². The van der Waals surface area contributed by atoms with Gasteiger partial charge < -0.3 is 20.7 Å². The van der Waals surface area contributed by atoms with Crippen LogP contribution in [0.25, 0.3) is 0 Å². The van der Waals surface area contributed by atoms with Crippen molar-refractivity contribution in [2.75, 3.05) is 25.1 Å². The number of amides is 1. The van der Waals surface area contributed by atoms with Crippen LogP contribution in [0.1, 0.15) is 51.1 Å². The summed E-state index contributed by atoms with van der Waals surface area (Å²) in [5.74, 6) is -0.515. The minimum absolute atomic E-state index is 0.0903. The molecule has 4 rings (SSSR count). The molecule has 8 nitrogen and oxygen atoms in total. The highest BCUT2D eigenvalue weighted by molar-refractivity contribution is 5.82. The van der Waals surface area contributed by atoms with Gasteiger partial charge in [0.1, 0.15) is 12.2 Å². The third-order valence-corrected chi connectivity index (χ3v) is 7.04. The van der Waals surface area contributed by atoms with Gasteiger partial charge in [-0.1, -0.05) is 26.0 Å². The maximum Gasteiger partial charge on any atom is 0.407 e. The van der Waals surface area contributed by atoms with E-state index in [4.69, 9.17) is 4.74 Å². The number of carbonyl (C=O) groups is 1. The van der Waals surface area contributed by atoms with Crippen molar-refractivity contribution in [3.8, 4) is 6.07 Å². The second kappa shape index (κ2) is 10.3. The number of halogens is 3. The van der Waals surface area contributed by atoms with Crippen LogP contribution in [0.15, 0.2) is 24.3 Å². The maximum atomic E-state index is 13.6. The van der Waals surface area contributed by atoms with Crippen molar-refractivity contribution in [2.45, 2.75) is 75.5 Å². The molecule has 11 heteroatoms. The summed E-state index contributed by atoms with van der Waals surface area (Å²) < 4.78 is 46.5. The summed E-state index contributed by atoms with van der Waals surface area (Å²) in [5, 5.41) is 20.4. The molecule has 0 aromatic heterocycles. The second-order valence-corrected chi connectivity index (χ2v) is 9.93. The Morgan fingerprint density at radius 2 is 2.06 bits per heavy atom. The number of ether oxygens (including phenoxy) is 1. The lowest BCUT2D eigenvalue weighted by molar-refractivity contribution is -0.159. The van der Waals surface area contributed by atoms with E-state index >= 15 is 0 Å². The Balaban J connectivity index is 1.55. The molecule has 5 atom stereocenters. The molecule has 1 aromatic rings. The highest BCUT2D eigenvalue weighted by Crippen LogP contribution is 2.39. The molecule has 0 aliphatic carbocycles. The van der Waals surface area contributed by atoms with E-state index in [1.807, 2.05) is 0 Å². The van der Waals surface area contributed by atoms with Crippen LogP contribution in [-0.4, -0.2) is 60.6 Å². The fourth-order valence-electron chi connectivity index (χ4n) is 5.48. The van der Waals surface area contributed by atoms with E-state index < -0.39 is 29.8 Å². The van der Waals surface area contributed by atoms with E-state index in [0.29, 0.717) is 25.4 Å². The molecule has 4 unspecified atom stereocenters. The Labute approximate surface area is 203 Å². The van der Waals surface area contributed by atoms with Gasteiger partial charge >= 0.3 is 6.18 Å². The van der Waals surface area contributed by atoms with Crippen molar-refractivity contribution >= 4 is 11.6 Å². The molecule has 1 aromatic carbocycles. The summed E-state index contributed by atoms with van der Waals surface area (Å²) in [6.45, 7) is 4.95. The van der Waals surface area contributed by atoms with Crippen LogP contribution in [0.3, 0.4) is 0 Å². The molecule has 192 valence electrons. The van der Waals surface area contributed by atoms with Crippen LogP contribution in [0, 0.1) is 17.2 Å². The predicted octanol–water partition coefficient (Wildman–Crippen LogP) is 2.81. The lowest BCUT2D eigenvalue weighted by Crippen LogP contribution is -2.61. The molecular formula is C24H33F3N6O2. The number of alkyl halides is 3. The minimum Gasteiger partial charge on any atom is -0.379 e. The normalized spacial score (nSPS) is 30.4. The number of nitrogens with zero attached hydrogens (tertiary/aromatic N) is 2. The fourth-order valence-corrected chi connectivity index (χ4v) is 5.48. The zero-order valence-corrected chi connectivity index (χ0v) is 20.0.